The lowest BCUT2D eigenvalue weighted by molar-refractivity contribution is -0.122. The average Bonchev–Trinajstić information content (AvgIpc) is 3.39. The van der Waals surface area contributed by atoms with Crippen molar-refractivity contribution in [1.29, 1.82) is 5.26 Å². The van der Waals surface area contributed by atoms with Crippen LogP contribution in [0.15, 0.2) is 42.5 Å². The molecule has 5 nitrogen and oxygen atoms in total. The van der Waals surface area contributed by atoms with Crippen LogP contribution in [0.4, 0.5) is 20.2 Å². The second kappa shape index (κ2) is 6.69. The lowest BCUT2D eigenvalue weighted by Gasteiger charge is -2.07. The summed E-state index contributed by atoms with van der Waals surface area (Å²) in [7, 11) is 0. The smallest absolute Gasteiger partial charge is 0.228 e. The molecule has 0 bridgehead atoms. The molecule has 1 fully saturated rings. The Kier molecular flexibility index (Phi) is 4.44. The zero-order valence-corrected chi connectivity index (χ0v) is 12.9. The number of nitrogens with one attached hydrogen (secondary N) is 2. The molecular formula is C18H13F2N3O2. The van der Waals surface area contributed by atoms with Crippen molar-refractivity contribution in [3.05, 3.63) is 59.7 Å². The van der Waals surface area contributed by atoms with Gasteiger partial charge in [0.1, 0.15) is 6.07 Å². The van der Waals surface area contributed by atoms with Crippen molar-refractivity contribution in [3.8, 4) is 6.07 Å². The van der Waals surface area contributed by atoms with Gasteiger partial charge in [0.2, 0.25) is 11.8 Å². The number of anilines is 2. The first-order valence-electron chi connectivity index (χ1n) is 7.55. The minimum Gasteiger partial charge on any atom is -0.326 e. The van der Waals surface area contributed by atoms with Crippen molar-refractivity contribution in [2.75, 3.05) is 10.6 Å². The van der Waals surface area contributed by atoms with Crippen LogP contribution in [-0.2, 0) is 9.59 Å². The van der Waals surface area contributed by atoms with E-state index in [0.29, 0.717) is 17.7 Å². The first-order chi connectivity index (χ1) is 12.0. The molecule has 2 aromatic carbocycles. The Morgan fingerprint density at radius 3 is 2.36 bits per heavy atom. The molecule has 0 aliphatic heterocycles. The first kappa shape index (κ1) is 16.6. The molecule has 0 heterocycles. The molecule has 25 heavy (non-hydrogen) atoms. The summed E-state index contributed by atoms with van der Waals surface area (Å²) in [6.07, 6.45) is 0.357. The number of hydrogen-bond acceptors (Lipinski definition) is 3. The van der Waals surface area contributed by atoms with Gasteiger partial charge >= 0.3 is 0 Å². The first-order valence-corrected chi connectivity index (χ1v) is 7.55. The Morgan fingerprint density at radius 1 is 1.00 bits per heavy atom. The van der Waals surface area contributed by atoms with E-state index in [0.717, 1.165) is 12.1 Å². The van der Waals surface area contributed by atoms with Crippen molar-refractivity contribution in [3.63, 3.8) is 0 Å². The highest BCUT2D eigenvalue weighted by atomic mass is 19.2. The summed E-state index contributed by atoms with van der Waals surface area (Å²) in [6.45, 7) is 0. The average molecular weight is 341 g/mol. The standard InChI is InChI=1S/C18H13F2N3O2/c19-14-6-5-11(7-15(14)20)22-17(24)12-8-13(12)18(25)23-16-4-2-1-3-10(16)9-21/h1-7,12-13H,8H2,(H,22,24)(H,23,25). The summed E-state index contributed by atoms with van der Waals surface area (Å²) in [4.78, 5) is 24.3. The SMILES string of the molecule is N#Cc1ccccc1NC(=O)C1CC1C(=O)Nc1ccc(F)c(F)c1. The van der Waals surface area contributed by atoms with E-state index in [-0.39, 0.29) is 11.6 Å². The van der Waals surface area contributed by atoms with Gasteiger partial charge in [0.05, 0.1) is 23.1 Å². The molecule has 0 radical (unpaired) electrons. The van der Waals surface area contributed by atoms with Gasteiger partial charge in [0, 0.05) is 11.8 Å². The van der Waals surface area contributed by atoms with E-state index in [1.165, 1.54) is 6.07 Å². The Morgan fingerprint density at radius 2 is 1.68 bits per heavy atom. The molecule has 126 valence electrons. The molecular weight excluding hydrogens is 328 g/mol. The maximum absolute atomic E-state index is 13.1. The molecule has 2 aromatic rings. The minimum absolute atomic E-state index is 0.129. The maximum Gasteiger partial charge on any atom is 0.228 e. The van der Waals surface area contributed by atoms with Gasteiger partial charge < -0.3 is 10.6 Å². The second-order valence-electron chi connectivity index (χ2n) is 5.71. The van der Waals surface area contributed by atoms with Gasteiger partial charge in [-0.3, -0.25) is 9.59 Å². The minimum atomic E-state index is -1.06. The van der Waals surface area contributed by atoms with Crippen molar-refractivity contribution < 1.29 is 18.4 Å². The van der Waals surface area contributed by atoms with Crippen LogP contribution in [0.3, 0.4) is 0 Å². The van der Waals surface area contributed by atoms with E-state index >= 15 is 0 Å². The molecule has 7 heteroatoms. The molecule has 3 rings (SSSR count). The number of carbonyl (C=O) groups excluding carboxylic acids is 2. The van der Waals surface area contributed by atoms with Gasteiger partial charge in [0.15, 0.2) is 11.6 Å². The van der Waals surface area contributed by atoms with Gasteiger partial charge in [-0.1, -0.05) is 12.1 Å². The fraction of sp³-hybridized carbons (Fsp3) is 0.167. The van der Waals surface area contributed by atoms with Crippen LogP contribution in [0.25, 0.3) is 0 Å². The maximum atomic E-state index is 13.1. The molecule has 1 aliphatic carbocycles. The van der Waals surface area contributed by atoms with Crippen molar-refractivity contribution >= 4 is 23.2 Å². The fourth-order valence-electron chi connectivity index (χ4n) is 2.50. The Bertz CT molecular complexity index is 892. The zero-order chi connectivity index (χ0) is 18.0. The number of carbonyl (C=O) groups is 2. The van der Waals surface area contributed by atoms with Crippen molar-refractivity contribution in [2.24, 2.45) is 11.8 Å². The van der Waals surface area contributed by atoms with Crippen LogP contribution < -0.4 is 10.6 Å². The van der Waals surface area contributed by atoms with Crippen molar-refractivity contribution in [1.82, 2.24) is 0 Å². The van der Waals surface area contributed by atoms with E-state index in [4.69, 9.17) is 5.26 Å². The number of benzene rings is 2. The quantitative estimate of drug-likeness (QED) is 0.897. The molecule has 2 atom stereocenters. The predicted molar refractivity (Wildman–Crippen MR) is 86.4 cm³/mol. The van der Waals surface area contributed by atoms with Crippen LogP contribution in [0.1, 0.15) is 12.0 Å². The molecule has 0 aromatic heterocycles. The third-order valence-electron chi connectivity index (χ3n) is 3.96. The van der Waals surface area contributed by atoms with Crippen molar-refractivity contribution in [2.45, 2.75) is 6.42 Å². The van der Waals surface area contributed by atoms with Gasteiger partial charge in [-0.25, -0.2) is 8.78 Å². The zero-order valence-electron chi connectivity index (χ0n) is 12.9. The Labute approximate surface area is 142 Å². The van der Waals surface area contributed by atoms with E-state index in [9.17, 15) is 18.4 Å². The van der Waals surface area contributed by atoms with E-state index in [1.807, 2.05) is 6.07 Å². The topological polar surface area (TPSA) is 82.0 Å². The number of rotatable bonds is 4. The molecule has 1 aliphatic rings. The van der Waals surface area contributed by atoms with E-state index in [2.05, 4.69) is 10.6 Å². The lowest BCUT2D eigenvalue weighted by atomic mass is 10.2. The molecule has 0 spiro atoms. The summed E-state index contributed by atoms with van der Waals surface area (Å²) in [6, 6.07) is 11.6. The summed E-state index contributed by atoms with van der Waals surface area (Å²) in [5.74, 6) is -3.90. The Hall–Kier alpha value is -3.27. The molecule has 2 unspecified atom stereocenters. The number of halogens is 2. The van der Waals surface area contributed by atoms with Crippen LogP contribution >= 0.6 is 0 Å². The summed E-state index contributed by atoms with van der Waals surface area (Å²) in [5.41, 5.74) is 0.853. The summed E-state index contributed by atoms with van der Waals surface area (Å²) < 4.78 is 26.0. The monoisotopic (exact) mass is 341 g/mol. The van der Waals surface area contributed by atoms with E-state index in [1.54, 1.807) is 24.3 Å². The normalized spacial score (nSPS) is 18.1. The molecule has 0 saturated heterocycles. The number of nitrogens with zero attached hydrogens (tertiary/aromatic N) is 1. The highest BCUT2D eigenvalue weighted by Gasteiger charge is 2.48. The molecule has 2 amide bonds. The Balaban J connectivity index is 1.60. The van der Waals surface area contributed by atoms with E-state index < -0.39 is 29.4 Å². The summed E-state index contributed by atoms with van der Waals surface area (Å²) >= 11 is 0. The number of nitriles is 1. The lowest BCUT2D eigenvalue weighted by Crippen LogP contribution is -2.21. The van der Waals surface area contributed by atoms with Gasteiger partial charge in [-0.15, -0.1) is 0 Å². The van der Waals surface area contributed by atoms with Crippen LogP contribution in [0.5, 0.6) is 0 Å². The predicted octanol–water partition coefficient (Wildman–Crippen LogP) is 3.05. The molecule has 1 saturated carbocycles. The number of para-hydroxylation sites is 1. The highest BCUT2D eigenvalue weighted by Crippen LogP contribution is 2.40. The largest absolute Gasteiger partial charge is 0.326 e. The van der Waals surface area contributed by atoms with Crippen LogP contribution in [0.2, 0.25) is 0 Å². The van der Waals surface area contributed by atoms with Crippen LogP contribution in [-0.4, -0.2) is 11.8 Å². The third-order valence-corrected chi connectivity index (χ3v) is 3.96. The number of hydrogen-bond donors (Lipinski definition) is 2. The third kappa shape index (κ3) is 3.63. The second-order valence-corrected chi connectivity index (χ2v) is 5.71. The summed E-state index contributed by atoms with van der Waals surface area (Å²) in [5, 5.41) is 14.1. The number of amides is 2. The van der Waals surface area contributed by atoms with Gasteiger partial charge in [-0.2, -0.15) is 5.26 Å². The highest BCUT2D eigenvalue weighted by molar-refractivity contribution is 6.03. The van der Waals surface area contributed by atoms with Gasteiger partial charge in [0.25, 0.3) is 0 Å². The van der Waals surface area contributed by atoms with Gasteiger partial charge in [-0.05, 0) is 30.7 Å². The molecule has 2 N–H and O–H groups in total. The fourth-order valence-corrected chi connectivity index (χ4v) is 2.50. The van der Waals surface area contributed by atoms with Crippen LogP contribution in [0, 0.1) is 34.8 Å².